The molecule has 0 saturated carbocycles. The molecule has 0 unspecified atom stereocenters. The van der Waals surface area contributed by atoms with Crippen LogP contribution in [0.25, 0.3) is 11.1 Å². The molecule has 9 heteroatoms. The van der Waals surface area contributed by atoms with Crippen molar-refractivity contribution in [2.24, 2.45) is 0 Å². The van der Waals surface area contributed by atoms with E-state index in [1.165, 1.54) is 36.3 Å². The number of alkyl carbamates (subject to hydrolysis) is 1. The summed E-state index contributed by atoms with van der Waals surface area (Å²) in [7, 11) is 0. The first kappa shape index (κ1) is 23.4. The Bertz CT molecular complexity index is 1190. The molecule has 4 rings (SSSR count). The van der Waals surface area contributed by atoms with E-state index in [9.17, 15) is 14.4 Å². The standard InChI is InChI=1S/C25H25N3O5S/c1-25(2,23(30)31)28-21(29)11-15-14-34-22(27-15)12-26-24(32)33-13-20-18-9-5-3-7-16(18)17-8-4-6-10-19(17)20/h3-10,14,20H,11-13H2,1-2H3,(H,26,32)(H,28,29)(H,30,31). The van der Waals surface area contributed by atoms with Crippen LogP contribution in [0.5, 0.6) is 0 Å². The van der Waals surface area contributed by atoms with Gasteiger partial charge in [0.05, 0.1) is 18.7 Å². The molecular formula is C25H25N3O5S. The van der Waals surface area contributed by atoms with Crippen LogP contribution in [0.2, 0.25) is 0 Å². The minimum absolute atomic E-state index is 0.0156. The highest BCUT2D eigenvalue weighted by atomic mass is 32.1. The van der Waals surface area contributed by atoms with Crippen molar-refractivity contribution in [3.8, 4) is 11.1 Å². The van der Waals surface area contributed by atoms with Gasteiger partial charge in [-0.25, -0.2) is 14.6 Å². The molecule has 1 aliphatic rings. The van der Waals surface area contributed by atoms with Gasteiger partial charge in [-0.2, -0.15) is 0 Å². The number of ether oxygens (including phenoxy) is 1. The van der Waals surface area contributed by atoms with E-state index < -0.39 is 23.5 Å². The summed E-state index contributed by atoms with van der Waals surface area (Å²) in [6.45, 7) is 3.22. The number of benzene rings is 2. The predicted octanol–water partition coefficient (Wildman–Crippen LogP) is 3.70. The summed E-state index contributed by atoms with van der Waals surface area (Å²) in [5, 5.41) is 16.6. The Hall–Kier alpha value is -3.72. The Morgan fingerprint density at radius 1 is 1.06 bits per heavy atom. The summed E-state index contributed by atoms with van der Waals surface area (Å²) in [6, 6.07) is 16.3. The third-order valence-electron chi connectivity index (χ3n) is 5.66. The highest BCUT2D eigenvalue weighted by Crippen LogP contribution is 2.44. The first-order valence-corrected chi connectivity index (χ1v) is 11.7. The number of thiazole rings is 1. The molecule has 1 aromatic heterocycles. The second-order valence-corrected chi connectivity index (χ2v) is 9.51. The zero-order valence-electron chi connectivity index (χ0n) is 18.8. The first-order chi connectivity index (χ1) is 16.2. The van der Waals surface area contributed by atoms with E-state index in [0.29, 0.717) is 10.7 Å². The molecule has 0 radical (unpaired) electrons. The number of carbonyl (C=O) groups is 3. The average Bonchev–Trinajstić information content (AvgIpc) is 3.38. The molecule has 2 aromatic carbocycles. The third-order valence-corrected chi connectivity index (χ3v) is 6.55. The van der Waals surface area contributed by atoms with Crippen LogP contribution in [0.3, 0.4) is 0 Å². The molecule has 0 atom stereocenters. The summed E-state index contributed by atoms with van der Waals surface area (Å²) in [6.07, 6.45) is -0.586. The second kappa shape index (κ2) is 9.64. The lowest BCUT2D eigenvalue weighted by atomic mass is 9.98. The zero-order chi connectivity index (χ0) is 24.3. The number of hydrogen-bond acceptors (Lipinski definition) is 6. The highest BCUT2D eigenvalue weighted by Gasteiger charge is 2.30. The van der Waals surface area contributed by atoms with Crippen LogP contribution >= 0.6 is 11.3 Å². The Balaban J connectivity index is 1.28. The predicted molar refractivity (Wildman–Crippen MR) is 128 cm³/mol. The smallest absolute Gasteiger partial charge is 0.407 e. The normalized spacial score (nSPS) is 12.5. The molecule has 176 valence electrons. The van der Waals surface area contributed by atoms with Gasteiger partial charge in [-0.05, 0) is 36.1 Å². The molecule has 2 amide bonds. The number of nitrogens with one attached hydrogen (secondary N) is 2. The number of rotatable bonds is 8. The van der Waals surface area contributed by atoms with Crippen molar-refractivity contribution in [3.05, 3.63) is 75.7 Å². The fraction of sp³-hybridized carbons (Fsp3) is 0.280. The molecular weight excluding hydrogens is 454 g/mol. The molecule has 0 fully saturated rings. The number of carboxylic acids is 1. The molecule has 1 heterocycles. The number of carbonyl (C=O) groups excluding carboxylic acids is 2. The molecule has 3 aromatic rings. The first-order valence-electron chi connectivity index (χ1n) is 10.8. The van der Waals surface area contributed by atoms with Crippen molar-refractivity contribution in [1.82, 2.24) is 15.6 Å². The topological polar surface area (TPSA) is 118 Å². The molecule has 3 N–H and O–H groups in total. The van der Waals surface area contributed by atoms with Gasteiger partial charge in [0.15, 0.2) is 0 Å². The summed E-state index contributed by atoms with van der Waals surface area (Å²) in [5.41, 5.74) is 3.77. The Kier molecular flexibility index (Phi) is 6.65. The van der Waals surface area contributed by atoms with Gasteiger partial charge < -0.3 is 20.5 Å². The van der Waals surface area contributed by atoms with Crippen LogP contribution in [0, 0.1) is 0 Å². The third kappa shape index (κ3) is 5.09. The van der Waals surface area contributed by atoms with E-state index in [2.05, 4.69) is 39.9 Å². The summed E-state index contributed by atoms with van der Waals surface area (Å²) < 4.78 is 5.52. The summed E-state index contributed by atoms with van der Waals surface area (Å²) in [4.78, 5) is 39.9. The number of carboxylic acid groups (broad SMARTS) is 1. The number of fused-ring (bicyclic) bond motifs is 3. The minimum Gasteiger partial charge on any atom is -0.480 e. The SMILES string of the molecule is CC(C)(NC(=O)Cc1csc(CNC(=O)OCC2c3ccccc3-c3ccccc32)n1)C(=O)O. The van der Waals surface area contributed by atoms with Crippen molar-refractivity contribution in [1.29, 1.82) is 0 Å². The maximum absolute atomic E-state index is 12.3. The van der Waals surface area contributed by atoms with Gasteiger partial charge in [-0.1, -0.05) is 48.5 Å². The van der Waals surface area contributed by atoms with Crippen LogP contribution < -0.4 is 10.6 Å². The van der Waals surface area contributed by atoms with Crippen LogP contribution in [-0.2, 0) is 27.3 Å². The van der Waals surface area contributed by atoms with Crippen molar-refractivity contribution in [2.45, 2.75) is 38.3 Å². The van der Waals surface area contributed by atoms with E-state index in [-0.39, 0.29) is 25.5 Å². The van der Waals surface area contributed by atoms with Crippen molar-refractivity contribution in [3.63, 3.8) is 0 Å². The highest BCUT2D eigenvalue weighted by molar-refractivity contribution is 7.09. The fourth-order valence-electron chi connectivity index (χ4n) is 3.92. The van der Waals surface area contributed by atoms with Gasteiger partial charge in [-0.3, -0.25) is 4.79 Å². The maximum Gasteiger partial charge on any atom is 0.407 e. The van der Waals surface area contributed by atoms with E-state index >= 15 is 0 Å². The fourth-order valence-corrected chi connectivity index (χ4v) is 4.65. The molecule has 8 nitrogen and oxygen atoms in total. The molecule has 0 bridgehead atoms. The maximum atomic E-state index is 12.3. The largest absolute Gasteiger partial charge is 0.480 e. The molecule has 0 saturated heterocycles. The lowest BCUT2D eigenvalue weighted by Gasteiger charge is -2.20. The van der Waals surface area contributed by atoms with Gasteiger partial charge in [0.1, 0.15) is 17.2 Å². The minimum atomic E-state index is -1.36. The van der Waals surface area contributed by atoms with Crippen LogP contribution in [0.4, 0.5) is 4.79 Å². The Morgan fingerprint density at radius 3 is 2.29 bits per heavy atom. The molecule has 1 aliphatic carbocycles. The van der Waals surface area contributed by atoms with E-state index in [1.54, 1.807) is 5.38 Å². The van der Waals surface area contributed by atoms with Crippen molar-refractivity contribution >= 4 is 29.3 Å². The van der Waals surface area contributed by atoms with Crippen LogP contribution in [0.1, 0.15) is 41.6 Å². The Morgan fingerprint density at radius 2 is 1.68 bits per heavy atom. The van der Waals surface area contributed by atoms with Gasteiger partial charge in [0, 0.05) is 11.3 Å². The summed E-state index contributed by atoms with van der Waals surface area (Å²) in [5.74, 6) is -1.57. The van der Waals surface area contributed by atoms with E-state index in [4.69, 9.17) is 9.84 Å². The van der Waals surface area contributed by atoms with Gasteiger partial charge in [0.25, 0.3) is 0 Å². The number of hydrogen-bond donors (Lipinski definition) is 3. The summed E-state index contributed by atoms with van der Waals surface area (Å²) >= 11 is 1.30. The molecule has 34 heavy (non-hydrogen) atoms. The van der Waals surface area contributed by atoms with Gasteiger partial charge in [0.2, 0.25) is 5.91 Å². The number of nitrogens with zero attached hydrogens (tertiary/aromatic N) is 1. The van der Waals surface area contributed by atoms with E-state index in [0.717, 1.165) is 11.1 Å². The van der Waals surface area contributed by atoms with Crippen molar-refractivity contribution < 1.29 is 24.2 Å². The molecule has 0 aliphatic heterocycles. The Labute approximate surface area is 201 Å². The average molecular weight is 480 g/mol. The monoisotopic (exact) mass is 479 g/mol. The van der Waals surface area contributed by atoms with Crippen LogP contribution in [0.15, 0.2) is 53.9 Å². The lowest BCUT2D eigenvalue weighted by Crippen LogP contribution is -2.50. The number of aromatic nitrogens is 1. The van der Waals surface area contributed by atoms with Gasteiger partial charge >= 0.3 is 12.1 Å². The van der Waals surface area contributed by atoms with Crippen molar-refractivity contribution in [2.75, 3.05) is 6.61 Å². The zero-order valence-corrected chi connectivity index (χ0v) is 19.6. The second-order valence-electron chi connectivity index (χ2n) is 8.57. The quantitative estimate of drug-likeness (QED) is 0.453. The van der Waals surface area contributed by atoms with Gasteiger partial charge in [-0.15, -0.1) is 11.3 Å². The van der Waals surface area contributed by atoms with Crippen LogP contribution in [-0.4, -0.2) is 40.2 Å². The number of aliphatic carboxylic acids is 1. The molecule has 0 spiro atoms. The number of amides is 2. The lowest BCUT2D eigenvalue weighted by molar-refractivity contribution is -0.145. The van der Waals surface area contributed by atoms with E-state index in [1.807, 2.05) is 24.3 Å².